The van der Waals surface area contributed by atoms with Crippen molar-refractivity contribution in [2.75, 3.05) is 57.7 Å². The van der Waals surface area contributed by atoms with Crippen LogP contribution in [0.2, 0.25) is 5.02 Å². The quantitative estimate of drug-likeness (QED) is 0.419. The van der Waals surface area contributed by atoms with Crippen molar-refractivity contribution in [3.05, 3.63) is 64.2 Å². The van der Waals surface area contributed by atoms with E-state index < -0.39 is 18.1 Å². The molecule has 4 heterocycles. The molecule has 11 heteroatoms. The van der Waals surface area contributed by atoms with Crippen LogP contribution in [0.25, 0.3) is 0 Å². The van der Waals surface area contributed by atoms with Crippen LogP contribution in [-0.2, 0) is 17.6 Å². The van der Waals surface area contributed by atoms with Crippen molar-refractivity contribution in [3.63, 3.8) is 0 Å². The van der Waals surface area contributed by atoms with Crippen molar-refractivity contribution in [3.8, 4) is 0 Å². The summed E-state index contributed by atoms with van der Waals surface area (Å²) in [4.78, 5) is 48.6. The molecule has 2 unspecified atom stereocenters. The Hall–Kier alpha value is -3.34. The Morgan fingerprint density at radius 3 is 2.54 bits per heavy atom. The highest BCUT2D eigenvalue weighted by Crippen LogP contribution is 2.33. The van der Waals surface area contributed by atoms with Crippen LogP contribution in [0.15, 0.2) is 42.5 Å². The molecule has 0 saturated carbocycles. The smallest absolute Gasteiger partial charge is 0.407 e. The largest absolute Gasteiger partial charge is 0.465 e. The monoisotopic (exact) mass is 650 g/mol. The fourth-order valence-corrected chi connectivity index (χ4v) is 8.14. The van der Waals surface area contributed by atoms with Crippen molar-refractivity contribution in [2.45, 2.75) is 70.0 Å². The van der Waals surface area contributed by atoms with Gasteiger partial charge in [-0.15, -0.1) is 0 Å². The van der Waals surface area contributed by atoms with Gasteiger partial charge in [-0.05, 0) is 93.8 Å². The molecule has 4 amide bonds. The van der Waals surface area contributed by atoms with Gasteiger partial charge < -0.3 is 30.4 Å². The second kappa shape index (κ2) is 14.6. The summed E-state index contributed by atoms with van der Waals surface area (Å²) >= 11 is 6.53. The zero-order valence-electron chi connectivity index (χ0n) is 26.8. The van der Waals surface area contributed by atoms with Gasteiger partial charge in [0, 0.05) is 68.1 Å². The number of nitrogens with one attached hydrogen (secondary N) is 2. The molecule has 3 saturated heterocycles. The predicted molar refractivity (Wildman–Crippen MR) is 179 cm³/mol. The Kier molecular flexibility index (Phi) is 10.4. The highest BCUT2D eigenvalue weighted by Gasteiger charge is 2.44. The van der Waals surface area contributed by atoms with E-state index in [1.807, 2.05) is 59.2 Å². The number of amides is 4. The minimum absolute atomic E-state index is 0.00250. The number of benzene rings is 2. The number of carboxylic acid groups (broad SMARTS) is 1. The molecule has 0 bridgehead atoms. The maximum Gasteiger partial charge on any atom is 0.407 e. The summed E-state index contributed by atoms with van der Waals surface area (Å²) in [6.45, 7) is 8.23. The third-order valence-electron chi connectivity index (χ3n) is 10.6. The number of urea groups is 1. The van der Waals surface area contributed by atoms with E-state index in [9.17, 15) is 19.5 Å². The van der Waals surface area contributed by atoms with E-state index in [1.165, 1.54) is 4.90 Å². The molecule has 4 aliphatic heterocycles. The summed E-state index contributed by atoms with van der Waals surface area (Å²) in [6, 6.07) is 13.2. The van der Waals surface area contributed by atoms with Gasteiger partial charge in [-0.3, -0.25) is 9.69 Å². The lowest BCUT2D eigenvalue weighted by Gasteiger charge is -2.46. The highest BCUT2D eigenvalue weighted by molar-refractivity contribution is 6.31. The van der Waals surface area contributed by atoms with Gasteiger partial charge in [-0.25, -0.2) is 9.59 Å². The number of likely N-dealkylation sites (tertiary alicyclic amines) is 2. The summed E-state index contributed by atoms with van der Waals surface area (Å²) in [5, 5.41) is 17.6. The lowest BCUT2D eigenvalue weighted by molar-refractivity contribution is -0.140. The molecular formula is C35H47ClN6O4. The zero-order chi connectivity index (χ0) is 32.2. The highest BCUT2D eigenvalue weighted by atomic mass is 35.5. The van der Waals surface area contributed by atoms with E-state index in [0.717, 1.165) is 67.8 Å². The maximum absolute atomic E-state index is 14.6. The van der Waals surface area contributed by atoms with Crippen molar-refractivity contribution in [2.24, 2.45) is 5.92 Å². The number of aryl methyl sites for hydroxylation is 1. The summed E-state index contributed by atoms with van der Waals surface area (Å²) in [7, 11) is 0. The first-order chi connectivity index (χ1) is 22.3. The molecule has 10 nitrogen and oxygen atoms in total. The van der Waals surface area contributed by atoms with Gasteiger partial charge in [-0.1, -0.05) is 41.9 Å². The van der Waals surface area contributed by atoms with Gasteiger partial charge in [-0.2, -0.15) is 0 Å². The molecule has 6 rings (SSSR count). The first kappa shape index (κ1) is 32.6. The number of para-hydroxylation sites is 1. The number of carbonyl (C=O) groups is 3. The van der Waals surface area contributed by atoms with Crippen LogP contribution in [-0.4, -0.2) is 113 Å². The Labute approximate surface area is 277 Å². The molecule has 3 N–H and O–H groups in total. The lowest BCUT2D eigenvalue weighted by atomic mass is 9.82. The minimum atomic E-state index is -1.02. The Morgan fingerprint density at radius 2 is 1.76 bits per heavy atom. The molecule has 2 aromatic rings. The molecule has 3 fully saturated rings. The number of hydrogen-bond acceptors (Lipinski definition) is 5. The van der Waals surface area contributed by atoms with E-state index in [4.69, 9.17) is 11.6 Å². The number of piperidine rings is 2. The van der Waals surface area contributed by atoms with Crippen molar-refractivity contribution >= 4 is 35.3 Å². The van der Waals surface area contributed by atoms with Crippen molar-refractivity contribution in [1.29, 1.82) is 0 Å². The molecule has 4 aliphatic rings. The summed E-state index contributed by atoms with van der Waals surface area (Å²) in [5.74, 6) is -0.596. The van der Waals surface area contributed by atoms with Crippen LogP contribution < -0.4 is 10.6 Å². The summed E-state index contributed by atoms with van der Waals surface area (Å²) in [6.07, 6.45) is 3.97. The standard InChI is InChI=1S/C35H47ClN6O4/c1-24-7-8-25(22-30(24)36)21-29(33(43)40-16-10-27(11-17-40)39-15-4-13-37-14-20-39)32-23-28(12-19-42(32)35(45)46)41-18-9-26-5-2-3-6-31(26)38-34(41)44/h2-3,5-8,22,27-29,32,37H,4,9-21,23H2,1H3,(H,38,44)(H,45,46)/t28?,29?,32-/m1/s1. The van der Waals surface area contributed by atoms with Crippen LogP contribution in [0.1, 0.15) is 48.8 Å². The zero-order valence-corrected chi connectivity index (χ0v) is 27.6. The van der Waals surface area contributed by atoms with E-state index >= 15 is 0 Å². The molecular weight excluding hydrogens is 604 g/mol. The SMILES string of the molecule is Cc1ccc(CC(C(=O)N2CCC(N3CCCNCC3)CC2)[C@H]2CC(N3CCc4ccccc4NC3=O)CCN2C(=O)O)cc1Cl. The third-order valence-corrected chi connectivity index (χ3v) is 11.0. The second-order valence-electron chi connectivity index (χ2n) is 13.3. The van der Waals surface area contributed by atoms with Crippen LogP contribution in [0.4, 0.5) is 15.3 Å². The van der Waals surface area contributed by atoms with Gasteiger partial charge >= 0.3 is 12.1 Å². The second-order valence-corrected chi connectivity index (χ2v) is 13.7. The molecule has 0 aromatic heterocycles. The number of hydrogen-bond donors (Lipinski definition) is 3. The van der Waals surface area contributed by atoms with E-state index in [2.05, 4.69) is 15.5 Å². The number of carbonyl (C=O) groups excluding carboxylic acids is 2. The Bertz CT molecular complexity index is 1410. The average Bonchev–Trinajstić information content (AvgIpc) is 3.44. The van der Waals surface area contributed by atoms with Crippen LogP contribution >= 0.6 is 11.6 Å². The Balaban J connectivity index is 1.24. The average molecular weight is 651 g/mol. The number of fused-ring (bicyclic) bond motifs is 1. The topological polar surface area (TPSA) is 108 Å². The molecule has 248 valence electrons. The molecule has 0 aliphatic carbocycles. The molecule has 0 radical (unpaired) electrons. The molecule has 0 spiro atoms. The van der Waals surface area contributed by atoms with Crippen molar-refractivity contribution < 1.29 is 19.5 Å². The summed E-state index contributed by atoms with van der Waals surface area (Å²) in [5.41, 5.74) is 3.77. The first-order valence-corrected chi connectivity index (χ1v) is 17.3. The maximum atomic E-state index is 14.6. The molecule has 3 atom stereocenters. The minimum Gasteiger partial charge on any atom is -0.465 e. The van der Waals surface area contributed by atoms with Crippen LogP contribution in [0.3, 0.4) is 0 Å². The fraction of sp³-hybridized carbons (Fsp3) is 0.571. The van der Waals surface area contributed by atoms with Gasteiger partial charge in [0.1, 0.15) is 0 Å². The van der Waals surface area contributed by atoms with Crippen LogP contribution in [0, 0.1) is 12.8 Å². The molecule has 46 heavy (non-hydrogen) atoms. The van der Waals surface area contributed by atoms with Gasteiger partial charge in [0.15, 0.2) is 0 Å². The normalized spacial score (nSPS) is 24.0. The van der Waals surface area contributed by atoms with E-state index in [1.54, 1.807) is 0 Å². The van der Waals surface area contributed by atoms with Gasteiger partial charge in [0.25, 0.3) is 0 Å². The van der Waals surface area contributed by atoms with E-state index in [-0.39, 0.29) is 24.5 Å². The Morgan fingerprint density at radius 1 is 0.978 bits per heavy atom. The predicted octanol–water partition coefficient (Wildman–Crippen LogP) is 4.69. The number of halogens is 1. The summed E-state index contributed by atoms with van der Waals surface area (Å²) < 4.78 is 0. The van der Waals surface area contributed by atoms with E-state index in [0.29, 0.717) is 56.4 Å². The fourth-order valence-electron chi connectivity index (χ4n) is 7.94. The van der Waals surface area contributed by atoms with Crippen LogP contribution in [0.5, 0.6) is 0 Å². The lowest BCUT2D eigenvalue weighted by Crippen LogP contribution is -2.59. The van der Waals surface area contributed by atoms with Gasteiger partial charge in [0.05, 0.1) is 5.92 Å². The number of anilines is 1. The number of rotatable bonds is 6. The first-order valence-electron chi connectivity index (χ1n) is 16.9. The molecule has 2 aromatic carbocycles. The third kappa shape index (κ3) is 7.29. The van der Waals surface area contributed by atoms with Gasteiger partial charge in [0.2, 0.25) is 5.91 Å². The number of nitrogens with zero attached hydrogens (tertiary/aromatic N) is 4. The van der Waals surface area contributed by atoms with Crippen molar-refractivity contribution in [1.82, 2.24) is 24.9 Å².